The summed E-state index contributed by atoms with van der Waals surface area (Å²) >= 11 is 0. The van der Waals surface area contributed by atoms with Crippen molar-refractivity contribution < 1.29 is 9.21 Å². The predicted octanol–water partition coefficient (Wildman–Crippen LogP) is 1.21. The number of aromatic amines is 1. The van der Waals surface area contributed by atoms with Crippen LogP contribution in [0.25, 0.3) is 11.1 Å². The van der Waals surface area contributed by atoms with Crippen molar-refractivity contribution in [3.05, 3.63) is 28.7 Å². The van der Waals surface area contributed by atoms with Crippen molar-refractivity contribution in [2.24, 2.45) is 5.73 Å². The summed E-state index contributed by atoms with van der Waals surface area (Å²) in [7, 11) is 1.69. The van der Waals surface area contributed by atoms with E-state index < -0.39 is 5.76 Å². The van der Waals surface area contributed by atoms with Gasteiger partial charge in [0.05, 0.1) is 5.52 Å². The summed E-state index contributed by atoms with van der Waals surface area (Å²) < 4.78 is 4.97. The Balaban J connectivity index is 2.18. The number of rotatable bonds is 4. The van der Waals surface area contributed by atoms with Crippen LogP contribution in [0.2, 0.25) is 0 Å². The fourth-order valence-electron chi connectivity index (χ4n) is 1.81. The van der Waals surface area contributed by atoms with Gasteiger partial charge in [-0.2, -0.15) is 0 Å². The lowest BCUT2D eigenvalue weighted by molar-refractivity contribution is -0.118. The summed E-state index contributed by atoms with van der Waals surface area (Å²) in [5, 5.41) is 0. The molecule has 2 rings (SSSR count). The van der Waals surface area contributed by atoms with E-state index >= 15 is 0 Å². The number of H-pyrrole nitrogens is 1. The van der Waals surface area contributed by atoms with Crippen LogP contribution in [0.3, 0.4) is 0 Å². The molecule has 0 saturated carbocycles. The van der Waals surface area contributed by atoms with E-state index in [1.54, 1.807) is 25.2 Å². The van der Waals surface area contributed by atoms with Gasteiger partial charge < -0.3 is 15.1 Å². The van der Waals surface area contributed by atoms with Crippen LogP contribution in [0.4, 0.5) is 5.69 Å². The standard InChI is InChI=1S/C13H17N3O3/c1-8(14)3-6-12(17)16(2)9-4-5-10-11(7-9)19-13(18)15-10/h4-5,7-8H,3,6,14H2,1-2H3,(H,15,18). The van der Waals surface area contributed by atoms with Gasteiger partial charge >= 0.3 is 5.76 Å². The molecule has 0 aliphatic rings. The van der Waals surface area contributed by atoms with Gasteiger partial charge in [-0.15, -0.1) is 0 Å². The number of nitrogens with two attached hydrogens (primary N) is 1. The first-order chi connectivity index (χ1) is 8.97. The summed E-state index contributed by atoms with van der Waals surface area (Å²) in [4.78, 5) is 27.1. The van der Waals surface area contributed by atoms with E-state index in [-0.39, 0.29) is 11.9 Å². The van der Waals surface area contributed by atoms with E-state index in [4.69, 9.17) is 10.2 Å². The van der Waals surface area contributed by atoms with E-state index in [0.29, 0.717) is 29.6 Å². The number of nitrogens with zero attached hydrogens (tertiary/aromatic N) is 1. The maximum atomic E-state index is 12.0. The van der Waals surface area contributed by atoms with Crippen molar-refractivity contribution in [2.45, 2.75) is 25.8 Å². The molecule has 102 valence electrons. The maximum absolute atomic E-state index is 12.0. The van der Waals surface area contributed by atoms with Crippen LogP contribution in [-0.4, -0.2) is 24.0 Å². The van der Waals surface area contributed by atoms with Crippen LogP contribution in [0, 0.1) is 0 Å². The Hall–Kier alpha value is -2.08. The molecule has 2 aromatic rings. The Morgan fingerprint density at radius 1 is 1.53 bits per heavy atom. The summed E-state index contributed by atoms with van der Waals surface area (Å²) in [5.41, 5.74) is 7.37. The SMILES string of the molecule is CC(N)CCC(=O)N(C)c1ccc2[nH]c(=O)oc2c1. The number of benzene rings is 1. The largest absolute Gasteiger partial charge is 0.417 e. The van der Waals surface area contributed by atoms with Gasteiger partial charge in [0.25, 0.3) is 0 Å². The van der Waals surface area contributed by atoms with E-state index in [9.17, 15) is 9.59 Å². The number of carbonyl (C=O) groups is 1. The Kier molecular flexibility index (Phi) is 3.71. The normalized spacial score (nSPS) is 12.6. The number of hydrogen-bond acceptors (Lipinski definition) is 4. The second-order valence-electron chi connectivity index (χ2n) is 4.66. The first-order valence-electron chi connectivity index (χ1n) is 6.12. The van der Waals surface area contributed by atoms with E-state index in [2.05, 4.69) is 4.98 Å². The minimum atomic E-state index is -0.502. The first-order valence-corrected chi connectivity index (χ1v) is 6.12. The molecule has 1 amide bonds. The molecule has 1 aromatic carbocycles. The van der Waals surface area contributed by atoms with E-state index in [1.807, 2.05) is 6.92 Å². The number of hydrogen-bond donors (Lipinski definition) is 2. The number of amides is 1. The fraction of sp³-hybridized carbons (Fsp3) is 0.385. The fourth-order valence-corrected chi connectivity index (χ4v) is 1.81. The zero-order valence-electron chi connectivity index (χ0n) is 11.0. The quantitative estimate of drug-likeness (QED) is 0.867. The highest BCUT2D eigenvalue weighted by atomic mass is 16.4. The van der Waals surface area contributed by atoms with Gasteiger partial charge in [0.15, 0.2) is 5.58 Å². The summed E-state index contributed by atoms with van der Waals surface area (Å²) in [6.07, 6.45) is 1.04. The molecule has 0 bridgehead atoms. The first kappa shape index (κ1) is 13.4. The van der Waals surface area contributed by atoms with Crippen LogP contribution in [0.15, 0.2) is 27.4 Å². The Morgan fingerprint density at radius 3 is 2.95 bits per heavy atom. The summed E-state index contributed by atoms with van der Waals surface area (Å²) in [6.45, 7) is 1.87. The van der Waals surface area contributed by atoms with Crippen molar-refractivity contribution in [1.29, 1.82) is 0 Å². The zero-order valence-corrected chi connectivity index (χ0v) is 11.0. The Bertz CT molecular complexity index is 642. The van der Waals surface area contributed by atoms with Gasteiger partial charge in [-0.25, -0.2) is 4.79 Å². The molecule has 1 atom stereocenters. The van der Waals surface area contributed by atoms with Gasteiger partial charge in [0, 0.05) is 31.3 Å². The number of aromatic nitrogens is 1. The molecular formula is C13H17N3O3. The number of oxazole rings is 1. The molecule has 0 fully saturated rings. The molecule has 0 aliphatic carbocycles. The van der Waals surface area contributed by atoms with Gasteiger partial charge in [0.1, 0.15) is 0 Å². The number of anilines is 1. The highest BCUT2D eigenvalue weighted by molar-refractivity contribution is 5.94. The molecule has 1 aromatic heterocycles. The van der Waals surface area contributed by atoms with E-state index in [1.165, 1.54) is 4.90 Å². The lowest BCUT2D eigenvalue weighted by atomic mass is 10.1. The summed E-state index contributed by atoms with van der Waals surface area (Å²) in [5.74, 6) is -0.521. The Labute approximate surface area is 110 Å². The number of fused-ring (bicyclic) bond motifs is 1. The van der Waals surface area contributed by atoms with Crippen LogP contribution in [0.1, 0.15) is 19.8 Å². The molecule has 1 unspecified atom stereocenters. The molecule has 6 nitrogen and oxygen atoms in total. The summed E-state index contributed by atoms with van der Waals surface area (Å²) in [6, 6.07) is 5.14. The molecular weight excluding hydrogens is 246 g/mol. The molecule has 0 radical (unpaired) electrons. The molecule has 0 saturated heterocycles. The molecule has 19 heavy (non-hydrogen) atoms. The van der Waals surface area contributed by atoms with Crippen LogP contribution < -0.4 is 16.4 Å². The van der Waals surface area contributed by atoms with Gasteiger partial charge in [-0.1, -0.05) is 0 Å². The number of carbonyl (C=O) groups excluding carboxylic acids is 1. The van der Waals surface area contributed by atoms with Crippen LogP contribution in [-0.2, 0) is 4.79 Å². The third-order valence-electron chi connectivity index (χ3n) is 2.98. The van der Waals surface area contributed by atoms with Gasteiger partial charge in [-0.3, -0.25) is 9.78 Å². The van der Waals surface area contributed by atoms with Crippen molar-refractivity contribution in [1.82, 2.24) is 4.98 Å². The predicted molar refractivity (Wildman–Crippen MR) is 73.1 cm³/mol. The van der Waals surface area contributed by atoms with Crippen LogP contribution >= 0.6 is 0 Å². The average Bonchev–Trinajstić information content (AvgIpc) is 2.73. The monoisotopic (exact) mass is 263 g/mol. The minimum Gasteiger partial charge on any atom is -0.408 e. The van der Waals surface area contributed by atoms with Gasteiger partial charge in [0.2, 0.25) is 5.91 Å². The lowest BCUT2D eigenvalue weighted by Crippen LogP contribution is -2.28. The Morgan fingerprint density at radius 2 is 2.26 bits per heavy atom. The number of nitrogens with one attached hydrogen (secondary N) is 1. The second kappa shape index (κ2) is 5.27. The van der Waals surface area contributed by atoms with Crippen molar-refractivity contribution in [2.75, 3.05) is 11.9 Å². The highest BCUT2D eigenvalue weighted by Crippen LogP contribution is 2.20. The average molecular weight is 263 g/mol. The van der Waals surface area contributed by atoms with Crippen LogP contribution in [0.5, 0.6) is 0 Å². The smallest absolute Gasteiger partial charge is 0.408 e. The van der Waals surface area contributed by atoms with Crippen molar-refractivity contribution in [3.63, 3.8) is 0 Å². The van der Waals surface area contributed by atoms with E-state index in [0.717, 1.165) is 0 Å². The molecule has 3 N–H and O–H groups in total. The molecule has 0 spiro atoms. The van der Waals surface area contributed by atoms with Gasteiger partial charge in [-0.05, 0) is 25.5 Å². The maximum Gasteiger partial charge on any atom is 0.417 e. The zero-order chi connectivity index (χ0) is 14.0. The molecule has 0 aliphatic heterocycles. The topological polar surface area (TPSA) is 92.3 Å². The second-order valence-corrected chi connectivity index (χ2v) is 4.66. The third kappa shape index (κ3) is 3.03. The lowest BCUT2D eigenvalue weighted by Gasteiger charge is -2.17. The minimum absolute atomic E-state index is 0.00234. The van der Waals surface area contributed by atoms with Crippen molar-refractivity contribution >= 4 is 22.7 Å². The molecule has 1 heterocycles. The highest BCUT2D eigenvalue weighted by Gasteiger charge is 2.13. The van der Waals surface area contributed by atoms with Crippen molar-refractivity contribution in [3.8, 4) is 0 Å². The third-order valence-corrected chi connectivity index (χ3v) is 2.98. The molecule has 6 heteroatoms.